The lowest BCUT2D eigenvalue weighted by molar-refractivity contribution is -0.185. The summed E-state index contributed by atoms with van der Waals surface area (Å²) >= 11 is 0. The number of halogens is 3. The number of rotatable bonds is 4. The van der Waals surface area contributed by atoms with E-state index in [9.17, 15) is 18.0 Å². The summed E-state index contributed by atoms with van der Waals surface area (Å²) in [6, 6.07) is 1.08. The largest absolute Gasteiger partial charge is 0.391 e. The highest BCUT2D eigenvalue weighted by molar-refractivity contribution is 5.75. The van der Waals surface area contributed by atoms with Gasteiger partial charge in [0.05, 0.1) is 5.92 Å². The Bertz CT molecular complexity index is 460. The van der Waals surface area contributed by atoms with Crippen molar-refractivity contribution in [2.24, 2.45) is 11.8 Å². The maximum atomic E-state index is 13.0. The topological polar surface area (TPSA) is 32.3 Å². The number of carbonyl (C=O) groups excluding carboxylic acids is 1. The average molecular weight is 360 g/mol. The minimum absolute atomic E-state index is 0.0654. The molecule has 1 amide bonds. The van der Waals surface area contributed by atoms with E-state index in [2.05, 4.69) is 10.2 Å². The molecule has 0 radical (unpaired) electrons. The van der Waals surface area contributed by atoms with Crippen LogP contribution in [0, 0.1) is 11.8 Å². The van der Waals surface area contributed by atoms with Gasteiger partial charge in [-0.3, -0.25) is 9.69 Å². The van der Waals surface area contributed by atoms with E-state index in [-0.39, 0.29) is 24.8 Å². The fraction of sp³-hybridized carbons (Fsp3) is 0.947. The third-order valence-electron chi connectivity index (χ3n) is 6.69. The molecule has 0 aromatic rings. The van der Waals surface area contributed by atoms with Gasteiger partial charge in [-0.1, -0.05) is 19.8 Å². The zero-order valence-electron chi connectivity index (χ0n) is 15.2. The van der Waals surface area contributed by atoms with Crippen LogP contribution in [0.1, 0.15) is 71.1 Å². The van der Waals surface area contributed by atoms with Crippen LogP contribution in [-0.2, 0) is 4.79 Å². The first-order valence-electron chi connectivity index (χ1n) is 10.0. The van der Waals surface area contributed by atoms with Crippen LogP contribution < -0.4 is 5.32 Å². The summed E-state index contributed by atoms with van der Waals surface area (Å²) in [5, 5.41) is 3.03. The Labute approximate surface area is 148 Å². The number of nitrogens with one attached hydrogen (secondary N) is 1. The van der Waals surface area contributed by atoms with E-state index < -0.39 is 12.1 Å². The lowest BCUT2D eigenvalue weighted by Gasteiger charge is -2.43. The zero-order chi connectivity index (χ0) is 18.0. The number of nitrogens with zero attached hydrogens (tertiary/aromatic N) is 1. The van der Waals surface area contributed by atoms with Crippen LogP contribution in [0.4, 0.5) is 13.2 Å². The van der Waals surface area contributed by atoms with Crippen molar-refractivity contribution in [3.63, 3.8) is 0 Å². The first kappa shape index (κ1) is 19.0. The van der Waals surface area contributed by atoms with E-state index in [0.29, 0.717) is 43.8 Å². The molecule has 1 saturated heterocycles. The molecular weight excluding hydrogens is 329 g/mol. The molecule has 1 heterocycles. The molecule has 3 fully saturated rings. The van der Waals surface area contributed by atoms with Crippen molar-refractivity contribution in [3.8, 4) is 0 Å². The molecule has 6 heteroatoms. The van der Waals surface area contributed by atoms with Gasteiger partial charge in [-0.25, -0.2) is 0 Å². The molecule has 3 nitrogen and oxygen atoms in total. The lowest BCUT2D eigenvalue weighted by Crippen LogP contribution is -2.51. The second kappa shape index (κ2) is 7.85. The fourth-order valence-corrected chi connectivity index (χ4v) is 5.41. The zero-order valence-corrected chi connectivity index (χ0v) is 15.2. The molecule has 3 aliphatic rings. The Kier molecular flexibility index (Phi) is 5.96. The predicted octanol–water partition coefficient (Wildman–Crippen LogP) is 4.27. The standard InChI is InChI=1S/C19H31F3N2O/c1-2-18(25)23-12-16-11-13-5-3-4-6-17(13)24(16)15-9-7-14(8-10-15)19(20,21)22/h13-17H,2-12H2,1H3,(H,23,25). The normalized spacial score (nSPS) is 36.9. The van der Waals surface area contributed by atoms with E-state index in [0.717, 1.165) is 6.42 Å². The fourth-order valence-electron chi connectivity index (χ4n) is 5.41. The van der Waals surface area contributed by atoms with Crippen molar-refractivity contribution in [2.45, 2.75) is 95.4 Å². The highest BCUT2D eigenvalue weighted by atomic mass is 19.4. The van der Waals surface area contributed by atoms with Crippen molar-refractivity contribution >= 4 is 5.91 Å². The molecule has 1 N–H and O–H groups in total. The van der Waals surface area contributed by atoms with E-state index >= 15 is 0 Å². The second-order valence-corrected chi connectivity index (χ2v) is 8.15. The Morgan fingerprint density at radius 1 is 1.08 bits per heavy atom. The number of hydrogen-bond donors (Lipinski definition) is 1. The van der Waals surface area contributed by atoms with Gasteiger partial charge < -0.3 is 5.32 Å². The maximum absolute atomic E-state index is 13.0. The summed E-state index contributed by atoms with van der Waals surface area (Å²) in [5.74, 6) is -0.389. The van der Waals surface area contributed by atoms with Gasteiger partial charge in [0.2, 0.25) is 5.91 Å². The number of hydrogen-bond acceptors (Lipinski definition) is 2. The Morgan fingerprint density at radius 3 is 2.40 bits per heavy atom. The van der Waals surface area contributed by atoms with Crippen molar-refractivity contribution in [1.82, 2.24) is 10.2 Å². The van der Waals surface area contributed by atoms with E-state index in [1.807, 2.05) is 6.92 Å². The van der Waals surface area contributed by atoms with Crippen molar-refractivity contribution in [1.29, 1.82) is 0 Å². The number of fused-ring (bicyclic) bond motifs is 1. The van der Waals surface area contributed by atoms with Crippen LogP contribution in [0.2, 0.25) is 0 Å². The van der Waals surface area contributed by atoms with Crippen LogP contribution in [0.5, 0.6) is 0 Å². The first-order chi connectivity index (χ1) is 11.9. The molecule has 144 valence electrons. The van der Waals surface area contributed by atoms with Crippen molar-refractivity contribution < 1.29 is 18.0 Å². The molecule has 0 bridgehead atoms. The highest BCUT2D eigenvalue weighted by Crippen LogP contribution is 2.45. The van der Waals surface area contributed by atoms with E-state index in [4.69, 9.17) is 0 Å². The summed E-state index contributed by atoms with van der Waals surface area (Å²) in [4.78, 5) is 14.2. The van der Waals surface area contributed by atoms with Crippen LogP contribution in [0.25, 0.3) is 0 Å². The molecular formula is C19H31F3N2O. The van der Waals surface area contributed by atoms with Crippen LogP contribution in [-0.4, -0.2) is 41.7 Å². The molecule has 2 saturated carbocycles. The second-order valence-electron chi connectivity index (χ2n) is 8.15. The molecule has 25 heavy (non-hydrogen) atoms. The number of likely N-dealkylation sites (tertiary alicyclic amines) is 1. The maximum Gasteiger partial charge on any atom is 0.391 e. The third kappa shape index (κ3) is 4.32. The van der Waals surface area contributed by atoms with Crippen LogP contribution in [0.15, 0.2) is 0 Å². The SMILES string of the molecule is CCC(=O)NCC1CC2CCCCC2N1C1CCC(C(F)(F)F)CC1. The Balaban J connectivity index is 1.65. The molecule has 0 spiro atoms. The summed E-state index contributed by atoms with van der Waals surface area (Å²) in [5.41, 5.74) is 0. The van der Waals surface area contributed by atoms with Crippen LogP contribution >= 0.6 is 0 Å². The molecule has 3 atom stereocenters. The molecule has 0 aromatic heterocycles. The first-order valence-corrected chi connectivity index (χ1v) is 10.0. The van der Waals surface area contributed by atoms with Gasteiger partial charge in [0, 0.05) is 31.1 Å². The minimum atomic E-state index is -4.04. The van der Waals surface area contributed by atoms with E-state index in [1.165, 1.54) is 25.7 Å². The van der Waals surface area contributed by atoms with E-state index in [1.54, 1.807) is 0 Å². The lowest BCUT2D eigenvalue weighted by atomic mass is 9.82. The molecule has 1 aliphatic heterocycles. The van der Waals surface area contributed by atoms with Gasteiger partial charge in [-0.15, -0.1) is 0 Å². The average Bonchev–Trinajstić information content (AvgIpc) is 2.97. The predicted molar refractivity (Wildman–Crippen MR) is 91.1 cm³/mol. The third-order valence-corrected chi connectivity index (χ3v) is 6.69. The summed E-state index contributed by atoms with van der Waals surface area (Å²) in [6.45, 7) is 2.50. The van der Waals surface area contributed by atoms with Gasteiger partial charge in [0.15, 0.2) is 0 Å². The number of amides is 1. The van der Waals surface area contributed by atoms with Gasteiger partial charge >= 0.3 is 6.18 Å². The monoisotopic (exact) mass is 360 g/mol. The number of carbonyl (C=O) groups is 1. The van der Waals surface area contributed by atoms with Gasteiger partial charge in [0.1, 0.15) is 0 Å². The van der Waals surface area contributed by atoms with Crippen molar-refractivity contribution in [2.75, 3.05) is 6.54 Å². The molecule has 3 rings (SSSR count). The summed E-state index contributed by atoms with van der Waals surface area (Å²) in [7, 11) is 0. The van der Waals surface area contributed by atoms with Gasteiger partial charge in [0.25, 0.3) is 0 Å². The number of alkyl halides is 3. The molecule has 2 aliphatic carbocycles. The van der Waals surface area contributed by atoms with Crippen molar-refractivity contribution in [3.05, 3.63) is 0 Å². The highest BCUT2D eigenvalue weighted by Gasteiger charge is 2.48. The Hall–Kier alpha value is -0.780. The molecule has 3 unspecified atom stereocenters. The molecule has 0 aromatic carbocycles. The smallest absolute Gasteiger partial charge is 0.355 e. The van der Waals surface area contributed by atoms with Gasteiger partial charge in [-0.05, 0) is 50.9 Å². The summed E-state index contributed by atoms with van der Waals surface area (Å²) < 4.78 is 38.9. The Morgan fingerprint density at radius 2 is 1.76 bits per heavy atom. The quantitative estimate of drug-likeness (QED) is 0.812. The summed E-state index contributed by atoms with van der Waals surface area (Å²) in [6.07, 6.45) is 4.23. The van der Waals surface area contributed by atoms with Gasteiger partial charge in [-0.2, -0.15) is 13.2 Å². The minimum Gasteiger partial charge on any atom is -0.355 e. The van der Waals surface area contributed by atoms with Crippen LogP contribution in [0.3, 0.4) is 0 Å².